The molecule has 0 aliphatic carbocycles. The first-order valence-corrected chi connectivity index (χ1v) is 6.20. The van der Waals surface area contributed by atoms with Gasteiger partial charge in [0.15, 0.2) is 0 Å². The molecule has 0 aromatic carbocycles. The van der Waals surface area contributed by atoms with Crippen molar-refractivity contribution in [3.8, 4) is 0 Å². The summed E-state index contributed by atoms with van der Waals surface area (Å²) in [5.74, 6) is 0. The first kappa shape index (κ1) is 11.7. The minimum Gasteiger partial charge on any atom is -0.378 e. The van der Waals surface area contributed by atoms with Crippen molar-refractivity contribution in [2.75, 3.05) is 39.4 Å². The Labute approximate surface area is 96.5 Å². The van der Waals surface area contributed by atoms with Crippen LogP contribution in [0.25, 0.3) is 0 Å². The molecule has 5 heteroatoms. The fourth-order valence-corrected chi connectivity index (χ4v) is 2.17. The average Bonchev–Trinajstić information content (AvgIpc) is 2.38. The lowest BCUT2D eigenvalue weighted by Crippen LogP contribution is -2.51. The second-order valence-electron chi connectivity index (χ2n) is 4.46. The topological polar surface area (TPSA) is 53.6 Å². The van der Waals surface area contributed by atoms with Crippen LogP contribution < -0.4 is 10.6 Å². The van der Waals surface area contributed by atoms with Gasteiger partial charge in [-0.05, 0) is 19.3 Å². The summed E-state index contributed by atoms with van der Waals surface area (Å²) in [5.41, 5.74) is 0. The summed E-state index contributed by atoms with van der Waals surface area (Å²) in [6.45, 7) is 4.82. The maximum absolute atomic E-state index is 11.8. The normalized spacial score (nSPS) is 26.5. The molecular weight excluding hydrogens is 206 g/mol. The van der Waals surface area contributed by atoms with Crippen molar-refractivity contribution >= 4 is 6.03 Å². The molecule has 2 rings (SSSR count). The van der Waals surface area contributed by atoms with Crippen LogP contribution in [0, 0.1) is 0 Å². The van der Waals surface area contributed by atoms with Crippen LogP contribution in [0.4, 0.5) is 4.79 Å². The zero-order chi connectivity index (χ0) is 11.2. The van der Waals surface area contributed by atoms with Gasteiger partial charge in [-0.15, -0.1) is 0 Å². The number of hydrogen-bond acceptors (Lipinski definition) is 3. The molecule has 2 aliphatic rings. The predicted molar refractivity (Wildman–Crippen MR) is 61.4 cm³/mol. The van der Waals surface area contributed by atoms with E-state index < -0.39 is 0 Å². The third kappa shape index (κ3) is 3.35. The van der Waals surface area contributed by atoms with Crippen molar-refractivity contribution in [2.45, 2.75) is 25.3 Å². The molecule has 0 saturated carbocycles. The Bertz CT molecular complexity index is 223. The number of carbonyl (C=O) groups is 1. The monoisotopic (exact) mass is 227 g/mol. The summed E-state index contributed by atoms with van der Waals surface area (Å²) in [4.78, 5) is 13.7. The Hall–Kier alpha value is -0.810. The quantitative estimate of drug-likeness (QED) is 0.707. The van der Waals surface area contributed by atoms with Crippen molar-refractivity contribution in [1.82, 2.24) is 15.5 Å². The van der Waals surface area contributed by atoms with Gasteiger partial charge < -0.3 is 20.3 Å². The lowest BCUT2D eigenvalue weighted by Gasteiger charge is -2.29. The minimum absolute atomic E-state index is 0.0760. The Morgan fingerprint density at radius 2 is 2.19 bits per heavy atom. The molecule has 1 unspecified atom stereocenters. The van der Waals surface area contributed by atoms with Gasteiger partial charge in [0, 0.05) is 32.2 Å². The summed E-state index contributed by atoms with van der Waals surface area (Å²) >= 11 is 0. The molecule has 2 N–H and O–H groups in total. The van der Waals surface area contributed by atoms with Gasteiger partial charge in [-0.25, -0.2) is 4.79 Å². The van der Waals surface area contributed by atoms with Gasteiger partial charge in [-0.3, -0.25) is 0 Å². The maximum atomic E-state index is 11.8. The van der Waals surface area contributed by atoms with Crippen LogP contribution >= 0.6 is 0 Å². The zero-order valence-corrected chi connectivity index (χ0v) is 9.71. The van der Waals surface area contributed by atoms with E-state index in [4.69, 9.17) is 4.74 Å². The number of likely N-dealkylation sites (tertiary alicyclic amines) is 1. The summed E-state index contributed by atoms with van der Waals surface area (Å²) < 4.78 is 5.33. The Morgan fingerprint density at radius 1 is 1.38 bits per heavy atom. The van der Waals surface area contributed by atoms with Gasteiger partial charge in [0.25, 0.3) is 0 Å². The lowest BCUT2D eigenvalue weighted by molar-refractivity contribution is 0.0767. The largest absolute Gasteiger partial charge is 0.378 e. The number of hydrogen-bond donors (Lipinski definition) is 2. The highest BCUT2D eigenvalue weighted by Gasteiger charge is 2.18. The van der Waals surface area contributed by atoms with Gasteiger partial charge >= 0.3 is 6.03 Å². The van der Waals surface area contributed by atoms with Gasteiger partial charge in [0.1, 0.15) is 0 Å². The van der Waals surface area contributed by atoms with E-state index in [0.717, 1.165) is 39.1 Å². The lowest BCUT2D eigenvalue weighted by atomic mass is 10.1. The molecule has 2 fully saturated rings. The minimum atomic E-state index is 0.0760. The van der Waals surface area contributed by atoms with Crippen LogP contribution in [0.1, 0.15) is 19.3 Å². The van der Waals surface area contributed by atoms with Crippen LogP contribution in [0.5, 0.6) is 0 Å². The molecule has 2 heterocycles. The molecule has 0 spiro atoms. The summed E-state index contributed by atoms with van der Waals surface area (Å²) in [6.07, 6.45) is 3.53. The highest BCUT2D eigenvalue weighted by molar-refractivity contribution is 5.74. The van der Waals surface area contributed by atoms with Crippen LogP contribution in [0.3, 0.4) is 0 Å². The third-order valence-corrected chi connectivity index (χ3v) is 3.14. The van der Waals surface area contributed by atoms with Gasteiger partial charge in [0.05, 0.1) is 13.2 Å². The molecule has 0 aromatic heterocycles. The number of morpholine rings is 1. The predicted octanol–water partition coefficient (Wildman–Crippen LogP) is 0.170. The van der Waals surface area contributed by atoms with E-state index >= 15 is 0 Å². The molecule has 2 aliphatic heterocycles. The smallest absolute Gasteiger partial charge is 0.317 e. The number of ether oxygens (including phenoxy) is 1. The molecule has 2 amide bonds. The SMILES string of the molecule is O=C(NCC1COCCN1)N1CCCCC1. The summed E-state index contributed by atoms with van der Waals surface area (Å²) in [5, 5.41) is 6.29. The number of carbonyl (C=O) groups excluding carboxylic acids is 1. The van der Waals surface area contributed by atoms with Gasteiger partial charge in [-0.1, -0.05) is 0 Å². The first-order valence-electron chi connectivity index (χ1n) is 6.20. The summed E-state index contributed by atoms with van der Waals surface area (Å²) in [6, 6.07) is 0.342. The van der Waals surface area contributed by atoms with Crippen LogP contribution in [-0.4, -0.2) is 56.4 Å². The van der Waals surface area contributed by atoms with Crippen LogP contribution in [0.2, 0.25) is 0 Å². The number of nitrogens with zero attached hydrogens (tertiary/aromatic N) is 1. The molecule has 5 nitrogen and oxygen atoms in total. The first-order chi connectivity index (χ1) is 7.86. The van der Waals surface area contributed by atoms with Crippen molar-refractivity contribution in [3.63, 3.8) is 0 Å². The van der Waals surface area contributed by atoms with Crippen molar-refractivity contribution in [2.24, 2.45) is 0 Å². The van der Waals surface area contributed by atoms with Crippen molar-refractivity contribution in [3.05, 3.63) is 0 Å². The molecule has 1 atom stereocenters. The molecule has 92 valence electrons. The Kier molecular flexibility index (Phi) is 4.42. The number of nitrogens with one attached hydrogen (secondary N) is 2. The molecular formula is C11H21N3O2. The van der Waals surface area contributed by atoms with E-state index in [1.807, 2.05) is 4.90 Å². The highest BCUT2D eigenvalue weighted by atomic mass is 16.5. The van der Waals surface area contributed by atoms with Crippen LogP contribution in [-0.2, 0) is 4.74 Å². The Morgan fingerprint density at radius 3 is 2.88 bits per heavy atom. The van der Waals surface area contributed by atoms with E-state index in [1.54, 1.807) is 0 Å². The number of urea groups is 1. The molecule has 2 saturated heterocycles. The Balaban J connectivity index is 1.65. The van der Waals surface area contributed by atoms with Crippen molar-refractivity contribution in [1.29, 1.82) is 0 Å². The second-order valence-corrected chi connectivity index (χ2v) is 4.46. The van der Waals surface area contributed by atoms with E-state index in [2.05, 4.69) is 10.6 Å². The van der Waals surface area contributed by atoms with E-state index in [1.165, 1.54) is 6.42 Å². The molecule has 0 aromatic rings. The molecule has 16 heavy (non-hydrogen) atoms. The fraction of sp³-hybridized carbons (Fsp3) is 0.909. The number of rotatable bonds is 2. The van der Waals surface area contributed by atoms with Gasteiger partial charge in [0.2, 0.25) is 0 Å². The van der Waals surface area contributed by atoms with Gasteiger partial charge in [-0.2, -0.15) is 0 Å². The second kappa shape index (κ2) is 6.06. The molecule has 0 radical (unpaired) electrons. The average molecular weight is 227 g/mol. The maximum Gasteiger partial charge on any atom is 0.317 e. The fourth-order valence-electron chi connectivity index (χ4n) is 2.17. The summed E-state index contributed by atoms with van der Waals surface area (Å²) in [7, 11) is 0. The standard InChI is InChI=1S/C11H21N3O2/c15-11(14-5-2-1-3-6-14)13-8-10-9-16-7-4-12-10/h10,12H,1-9H2,(H,13,15). The number of amides is 2. The molecule has 0 bridgehead atoms. The highest BCUT2D eigenvalue weighted by Crippen LogP contribution is 2.08. The third-order valence-electron chi connectivity index (χ3n) is 3.14. The zero-order valence-electron chi connectivity index (χ0n) is 9.71. The van der Waals surface area contributed by atoms with Crippen LogP contribution in [0.15, 0.2) is 0 Å². The number of piperidine rings is 1. The van der Waals surface area contributed by atoms with E-state index in [-0.39, 0.29) is 12.1 Å². The van der Waals surface area contributed by atoms with Crippen molar-refractivity contribution < 1.29 is 9.53 Å². The van der Waals surface area contributed by atoms with E-state index in [9.17, 15) is 4.79 Å². The van der Waals surface area contributed by atoms with E-state index in [0.29, 0.717) is 13.2 Å².